The van der Waals surface area contributed by atoms with Gasteiger partial charge in [0, 0.05) is 53.7 Å². The van der Waals surface area contributed by atoms with Crippen LogP contribution in [0.4, 0.5) is 17.1 Å². The summed E-state index contributed by atoms with van der Waals surface area (Å²) < 4.78 is 5.02. The maximum absolute atomic E-state index is 2.42. The molecule has 0 saturated heterocycles. The maximum atomic E-state index is 2.42. The number of aromatic nitrogens is 1. The van der Waals surface area contributed by atoms with Crippen LogP contribution in [0.25, 0.3) is 69.6 Å². The van der Waals surface area contributed by atoms with Crippen LogP contribution in [0.2, 0.25) is 0 Å². The Morgan fingerprint density at radius 2 is 1.04 bits per heavy atom. The predicted octanol–water partition coefficient (Wildman–Crippen LogP) is 13.4. The molecule has 2 heterocycles. The molecule has 0 aliphatic carbocycles. The van der Waals surface area contributed by atoms with Gasteiger partial charge in [-0.15, -0.1) is 11.3 Å². The third kappa shape index (κ3) is 4.55. The Labute approximate surface area is 288 Å². The highest BCUT2D eigenvalue weighted by Gasteiger charge is 2.19. The second-order valence-corrected chi connectivity index (χ2v) is 13.6. The molecule has 3 heteroatoms. The Kier molecular flexibility index (Phi) is 6.39. The molecule has 49 heavy (non-hydrogen) atoms. The zero-order valence-corrected chi connectivity index (χ0v) is 27.4. The largest absolute Gasteiger partial charge is 0.310 e. The molecular formula is C46H30N2S. The molecule has 0 saturated carbocycles. The summed E-state index contributed by atoms with van der Waals surface area (Å²) >= 11 is 1.89. The molecule has 0 radical (unpaired) electrons. The molecule has 0 fully saturated rings. The summed E-state index contributed by atoms with van der Waals surface area (Å²) in [5.74, 6) is 0. The van der Waals surface area contributed by atoms with Crippen molar-refractivity contribution in [3.8, 4) is 16.8 Å². The van der Waals surface area contributed by atoms with Crippen LogP contribution in [0.3, 0.4) is 0 Å². The average Bonchev–Trinajstić information content (AvgIpc) is 3.71. The topological polar surface area (TPSA) is 8.17 Å². The molecule has 0 unspecified atom stereocenters. The third-order valence-electron chi connectivity index (χ3n) is 9.74. The summed E-state index contributed by atoms with van der Waals surface area (Å²) in [7, 11) is 0. The van der Waals surface area contributed by atoms with Crippen LogP contribution in [-0.4, -0.2) is 4.57 Å². The van der Waals surface area contributed by atoms with Gasteiger partial charge < -0.3 is 9.47 Å². The SMILES string of the molecule is c1ccc(-c2cccc(N(c3ccc4sc5c6ccccc6ccc5c4c3)c3ccc4c(c3)c3ccccc3n4-c3ccccc3)c2)cc1. The minimum Gasteiger partial charge on any atom is -0.310 e. The maximum Gasteiger partial charge on any atom is 0.0542 e. The first-order valence-electron chi connectivity index (χ1n) is 16.7. The minimum atomic E-state index is 1.12. The second kappa shape index (κ2) is 11.2. The van der Waals surface area contributed by atoms with E-state index in [4.69, 9.17) is 0 Å². The number of benzene rings is 8. The lowest BCUT2D eigenvalue weighted by atomic mass is 10.0. The van der Waals surface area contributed by atoms with Crippen LogP contribution in [0, 0.1) is 0 Å². The average molecular weight is 643 g/mol. The van der Waals surface area contributed by atoms with Crippen LogP contribution in [-0.2, 0) is 0 Å². The van der Waals surface area contributed by atoms with Gasteiger partial charge in [-0.1, -0.05) is 115 Å². The first-order valence-corrected chi connectivity index (χ1v) is 17.5. The van der Waals surface area contributed by atoms with Crippen LogP contribution < -0.4 is 4.90 Å². The van der Waals surface area contributed by atoms with Crippen molar-refractivity contribution in [1.29, 1.82) is 0 Å². The molecule has 0 atom stereocenters. The quantitative estimate of drug-likeness (QED) is 0.181. The van der Waals surface area contributed by atoms with E-state index in [9.17, 15) is 0 Å². The molecule has 10 aromatic rings. The zero-order valence-electron chi connectivity index (χ0n) is 26.6. The number of thiophene rings is 1. The second-order valence-electron chi connectivity index (χ2n) is 12.6. The molecule has 10 rings (SSSR count). The van der Waals surface area contributed by atoms with Crippen molar-refractivity contribution in [1.82, 2.24) is 4.57 Å². The molecule has 230 valence electrons. The van der Waals surface area contributed by atoms with E-state index in [2.05, 4.69) is 191 Å². The lowest BCUT2D eigenvalue weighted by Crippen LogP contribution is -2.10. The lowest BCUT2D eigenvalue weighted by molar-refractivity contribution is 1.18. The van der Waals surface area contributed by atoms with E-state index in [1.807, 2.05) is 11.3 Å². The number of hydrogen-bond donors (Lipinski definition) is 0. The summed E-state index contributed by atoms with van der Waals surface area (Å²) in [5, 5.41) is 7.66. The highest BCUT2D eigenvalue weighted by atomic mass is 32.1. The standard InChI is InChI=1S/C46H30N2S/c1-3-12-31(13-4-1)33-15-11-18-35(28-33)47(37-24-27-45-42(30-37)40-25-22-32-14-7-8-19-38(32)46(40)49-45)36-23-26-44-41(29-36)39-20-9-10-21-43(39)48(44)34-16-5-2-6-17-34/h1-30H. The highest BCUT2D eigenvalue weighted by molar-refractivity contribution is 7.26. The molecular weight excluding hydrogens is 613 g/mol. The summed E-state index contributed by atoms with van der Waals surface area (Å²) in [6.07, 6.45) is 0. The number of rotatable bonds is 5. The smallest absolute Gasteiger partial charge is 0.0542 e. The van der Waals surface area contributed by atoms with Crippen molar-refractivity contribution in [3.63, 3.8) is 0 Å². The number of para-hydroxylation sites is 2. The monoisotopic (exact) mass is 642 g/mol. The number of anilines is 3. The molecule has 2 nitrogen and oxygen atoms in total. The van der Waals surface area contributed by atoms with E-state index >= 15 is 0 Å². The van der Waals surface area contributed by atoms with Crippen LogP contribution in [0.5, 0.6) is 0 Å². The van der Waals surface area contributed by atoms with Gasteiger partial charge in [0.05, 0.1) is 11.0 Å². The Morgan fingerprint density at radius 1 is 0.388 bits per heavy atom. The van der Waals surface area contributed by atoms with Crippen molar-refractivity contribution >= 4 is 81.1 Å². The number of nitrogens with zero attached hydrogens (tertiary/aromatic N) is 2. The zero-order chi connectivity index (χ0) is 32.3. The molecule has 2 aromatic heterocycles. The predicted molar refractivity (Wildman–Crippen MR) is 211 cm³/mol. The summed E-state index contributed by atoms with van der Waals surface area (Å²) in [6.45, 7) is 0. The van der Waals surface area contributed by atoms with E-state index in [1.54, 1.807) is 0 Å². The fraction of sp³-hybridized carbons (Fsp3) is 0. The van der Waals surface area contributed by atoms with Gasteiger partial charge in [0.1, 0.15) is 0 Å². The number of fused-ring (bicyclic) bond motifs is 8. The van der Waals surface area contributed by atoms with Crippen molar-refractivity contribution in [2.75, 3.05) is 4.90 Å². The van der Waals surface area contributed by atoms with Crippen molar-refractivity contribution in [3.05, 3.63) is 182 Å². The van der Waals surface area contributed by atoms with Crippen molar-refractivity contribution < 1.29 is 0 Å². The van der Waals surface area contributed by atoms with E-state index in [0.29, 0.717) is 0 Å². The van der Waals surface area contributed by atoms with Crippen LogP contribution in [0.1, 0.15) is 0 Å². The molecule has 0 spiro atoms. The minimum absolute atomic E-state index is 1.12. The van der Waals surface area contributed by atoms with Crippen LogP contribution in [0.15, 0.2) is 182 Å². The van der Waals surface area contributed by atoms with Gasteiger partial charge in [0.2, 0.25) is 0 Å². The first kappa shape index (κ1) is 27.9. The summed E-state index contributed by atoms with van der Waals surface area (Å²) in [4.78, 5) is 2.42. The van der Waals surface area contributed by atoms with Crippen molar-refractivity contribution in [2.45, 2.75) is 0 Å². The van der Waals surface area contributed by atoms with Gasteiger partial charge >= 0.3 is 0 Å². The highest BCUT2D eigenvalue weighted by Crippen LogP contribution is 2.44. The molecule has 0 aliphatic heterocycles. The van der Waals surface area contributed by atoms with E-state index in [-0.39, 0.29) is 0 Å². The van der Waals surface area contributed by atoms with Gasteiger partial charge in [-0.2, -0.15) is 0 Å². The Morgan fingerprint density at radius 3 is 1.90 bits per heavy atom. The molecule has 0 bridgehead atoms. The normalized spacial score (nSPS) is 11.7. The van der Waals surface area contributed by atoms with Crippen molar-refractivity contribution in [2.24, 2.45) is 0 Å². The molecule has 0 amide bonds. The summed E-state index contributed by atoms with van der Waals surface area (Å²) in [6, 6.07) is 66.2. The van der Waals surface area contributed by atoms with Gasteiger partial charge in [0.25, 0.3) is 0 Å². The summed E-state index contributed by atoms with van der Waals surface area (Å²) in [5.41, 5.74) is 9.34. The van der Waals surface area contributed by atoms with Gasteiger partial charge in [-0.3, -0.25) is 0 Å². The molecule has 0 N–H and O–H groups in total. The number of hydrogen-bond acceptors (Lipinski definition) is 2. The van der Waals surface area contributed by atoms with E-state index < -0.39 is 0 Å². The molecule has 8 aromatic carbocycles. The lowest BCUT2D eigenvalue weighted by Gasteiger charge is -2.26. The Bertz CT molecular complexity index is 2830. The Hall–Kier alpha value is -6.16. The van der Waals surface area contributed by atoms with Gasteiger partial charge in [0.15, 0.2) is 0 Å². The fourth-order valence-electron chi connectivity index (χ4n) is 7.49. The Balaban J connectivity index is 1.22. The van der Waals surface area contributed by atoms with Gasteiger partial charge in [-0.25, -0.2) is 0 Å². The fourth-order valence-corrected chi connectivity index (χ4v) is 8.71. The molecule has 0 aliphatic rings. The van der Waals surface area contributed by atoms with E-state index in [1.165, 1.54) is 63.9 Å². The van der Waals surface area contributed by atoms with Gasteiger partial charge in [-0.05, 0) is 88.6 Å². The van der Waals surface area contributed by atoms with E-state index in [0.717, 1.165) is 22.7 Å². The van der Waals surface area contributed by atoms with Crippen LogP contribution >= 0.6 is 11.3 Å². The third-order valence-corrected chi connectivity index (χ3v) is 11.0. The first-order chi connectivity index (χ1) is 24.3.